The van der Waals surface area contributed by atoms with E-state index in [-0.39, 0.29) is 41.3 Å². The molecular formula is C20H29F2N3O3S. The third-order valence-electron chi connectivity index (χ3n) is 6.05. The first-order valence-electron chi connectivity index (χ1n) is 10.1. The van der Waals surface area contributed by atoms with Gasteiger partial charge in [0.25, 0.3) is 0 Å². The normalized spacial score (nSPS) is 25.9. The zero-order valence-corrected chi connectivity index (χ0v) is 17.8. The van der Waals surface area contributed by atoms with E-state index in [0.717, 1.165) is 37.5 Å². The molecule has 2 N–H and O–H groups in total. The van der Waals surface area contributed by atoms with Crippen LogP contribution in [-0.4, -0.2) is 50.9 Å². The van der Waals surface area contributed by atoms with E-state index in [4.69, 9.17) is 0 Å². The van der Waals surface area contributed by atoms with Crippen LogP contribution in [-0.2, 0) is 14.8 Å². The van der Waals surface area contributed by atoms with Crippen molar-refractivity contribution < 1.29 is 22.0 Å². The molecule has 1 saturated carbocycles. The molecule has 1 aromatic rings. The van der Waals surface area contributed by atoms with Crippen LogP contribution in [0, 0.1) is 29.4 Å². The Morgan fingerprint density at radius 1 is 1.21 bits per heavy atom. The summed E-state index contributed by atoms with van der Waals surface area (Å²) in [4.78, 5) is 12.4. The molecule has 0 radical (unpaired) electrons. The van der Waals surface area contributed by atoms with Gasteiger partial charge in [-0.05, 0) is 62.3 Å². The maximum absolute atomic E-state index is 13.5. The predicted octanol–water partition coefficient (Wildman–Crippen LogP) is 2.11. The fourth-order valence-electron chi connectivity index (χ4n) is 4.50. The molecule has 162 valence electrons. The number of hydrogen-bond donors (Lipinski definition) is 2. The number of hydrogen-bond acceptors (Lipinski definition) is 4. The smallest absolute Gasteiger partial charge is 0.243 e. The topological polar surface area (TPSA) is 78.5 Å². The Kier molecular flexibility index (Phi) is 6.60. The number of carbonyl (C=O) groups is 1. The summed E-state index contributed by atoms with van der Waals surface area (Å²) < 4.78 is 53.8. The monoisotopic (exact) mass is 429 g/mol. The molecule has 1 amide bonds. The van der Waals surface area contributed by atoms with Gasteiger partial charge in [-0.25, -0.2) is 17.2 Å². The Labute approximate surface area is 171 Å². The Hall–Kier alpha value is -1.58. The lowest BCUT2D eigenvalue weighted by Gasteiger charge is -2.25. The van der Waals surface area contributed by atoms with Gasteiger partial charge in [-0.3, -0.25) is 4.79 Å². The minimum absolute atomic E-state index is 0.0237. The summed E-state index contributed by atoms with van der Waals surface area (Å²) in [6.07, 6.45) is 2.37. The van der Waals surface area contributed by atoms with Crippen LogP contribution < -0.4 is 10.6 Å². The second-order valence-electron chi connectivity index (χ2n) is 8.49. The van der Waals surface area contributed by atoms with Crippen LogP contribution in [0.25, 0.3) is 0 Å². The molecule has 1 aliphatic heterocycles. The van der Waals surface area contributed by atoms with E-state index in [2.05, 4.69) is 24.5 Å². The van der Waals surface area contributed by atoms with Crippen LogP contribution in [0.3, 0.4) is 0 Å². The molecule has 3 rings (SSSR count). The predicted molar refractivity (Wildman–Crippen MR) is 106 cm³/mol. The first-order valence-corrected chi connectivity index (χ1v) is 11.5. The zero-order valence-electron chi connectivity index (χ0n) is 17.0. The highest BCUT2D eigenvalue weighted by Gasteiger charge is 2.47. The molecule has 9 heteroatoms. The van der Waals surface area contributed by atoms with Gasteiger partial charge in [0.2, 0.25) is 15.9 Å². The highest BCUT2D eigenvalue weighted by molar-refractivity contribution is 7.89. The largest absolute Gasteiger partial charge is 0.352 e. The number of fused-ring (bicyclic) bond motifs is 1. The molecule has 1 saturated heterocycles. The lowest BCUT2D eigenvalue weighted by Crippen LogP contribution is -2.49. The number of carbonyl (C=O) groups excluding carboxylic acids is 1. The van der Waals surface area contributed by atoms with E-state index < -0.39 is 21.7 Å². The molecule has 0 spiro atoms. The SMILES string of the molecule is CN[C@@H](CC(C)C)C(=O)NC1CC[C@H]2CN(S(=O)(=O)c3ccc(F)c(F)c3)CC12. The Bertz CT molecular complexity index is 863. The minimum Gasteiger partial charge on any atom is -0.352 e. The first-order chi connectivity index (χ1) is 13.6. The molecule has 2 fully saturated rings. The number of likely N-dealkylation sites (N-methyl/N-ethyl adjacent to an activating group) is 1. The number of nitrogens with zero attached hydrogens (tertiary/aromatic N) is 1. The number of sulfonamides is 1. The van der Waals surface area contributed by atoms with Gasteiger partial charge in [-0.1, -0.05) is 13.8 Å². The second kappa shape index (κ2) is 8.65. The van der Waals surface area contributed by atoms with Gasteiger partial charge in [0.1, 0.15) is 0 Å². The first kappa shape index (κ1) is 22.1. The molecule has 29 heavy (non-hydrogen) atoms. The fraction of sp³-hybridized carbons (Fsp3) is 0.650. The Morgan fingerprint density at radius 3 is 2.55 bits per heavy atom. The Balaban J connectivity index is 1.69. The average Bonchev–Trinajstić information content (AvgIpc) is 3.24. The van der Waals surface area contributed by atoms with Gasteiger partial charge in [-0.15, -0.1) is 0 Å². The fourth-order valence-corrected chi connectivity index (χ4v) is 6.04. The van der Waals surface area contributed by atoms with Crippen LogP contribution in [0.15, 0.2) is 23.1 Å². The van der Waals surface area contributed by atoms with Crippen LogP contribution in [0.1, 0.15) is 33.1 Å². The van der Waals surface area contributed by atoms with Crippen LogP contribution in [0.2, 0.25) is 0 Å². The maximum atomic E-state index is 13.5. The molecular weight excluding hydrogens is 400 g/mol. The molecule has 0 bridgehead atoms. The van der Waals surface area contributed by atoms with Crippen molar-refractivity contribution in [1.29, 1.82) is 0 Å². The highest BCUT2D eigenvalue weighted by Crippen LogP contribution is 2.40. The molecule has 1 heterocycles. The van der Waals surface area contributed by atoms with E-state index in [9.17, 15) is 22.0 Å². The van der Waals surface area contributed by atoms with E-state index in [1.807, 2.05) is 0 Å². The van der Waals surface area contributed by atoms with Gasteiger partial charge in [0.05, 0.1) is 10.9 Å². The summed E-state index contributed by atoms with van der Waals surface area (Å²) in [5.41, 5.74) is 0. The lowest BCUT2D eigenvalue weighted by molar-refractivity contribution is -0.124. The van der Waals surface area contributed by atoms with Gasteiger partial charge < -0.3 is 10.6 Å². The number of halogens is 2. The van der Waals surface area contributed by atoms with Gasteiger partial charge in [0, 0.05) is 19.1 Å². The van der Waals surface area contributed by atoms with Crippen molar-refractivity contribution >= 4 is 15.9 Å². The zero-order chi connectivity index (χ0) is 21.3. The molecule has 1 aromatic carbocycles. The number of benzene rings is 1. The summed E-state index contributed by atoms with van der Waals surface area (Å²) in [5.74, 6) is -1.77. The summed E-state index contributed by atoms with van der Waals surface area (Å²) in [6, 6.07) is 2.28. The summed E-state index contributed by atoms with van der Waals surface area (Å²) in [6.45, 7) is 4.72. The van der Waals surface area contributed by atoms with Gasteiger partial charge >= 0.3 is 0 Å². The van der Waals surface area contributed by atoms with Crippen molar-refractivity contribution in [2.45, 2.75) is 50.1 Å². The number of nitrogens with one attached hydrogen (secondary N) is 2. The van der Waals surface area contributed by atoms with Crippen LogP contribution in [0.4, 0.5) is 8.78 Å². The molecule has 0 aromatic heterocycles. The average molecular weight is 430 g/mol. The summed E-state index contributed by atoms with van der Waals surface area (Å²) in [5, 5.41) is 6.15. The third kappa shape index (κ3) is 4.62. The molecule has 1 aliphatic carbocycles. The second-order valence-corrected chi connectivity index (χ2v) is 10.4. The van der Waals surface area contributed by atoms with Gasteiger partial charge in [-0.2, -0.15) is 4.31 Å². The molecule has 4 atom stereocenters. The lowest BCUT2D eigenvalue weighted by atomic mass is 9.97. The van der Waals surface area contributed by atoms with E-state index in [1.54, 1.807) is 7.05 Å². The Morgan fingerprint density at radius 2 is 1.93 bits per heavy atom. The molecule has 2 aliphatic rings. The quantitative estimate of drug-likeness (QED) is 0.696. The van der Waals surface area contributed by atoms with Crippen molar-refractivity contribution in [3.63, 3.8) is 0 Å². The van der Waals surface area contributed by atoms with Crippen molar-refractivity contribution in [2.75, 3.05) is 20.1 Å². The van der Waals surface area contributed by atoms with E-state index >= 15 is 0 Å². The van der Waals surface area contributed by atoms with E-state index in [1.165, 1.54) is 4.31 Å². The van der Waals surface area contributed by atoms with Crippen molar-refractivity contribution in [2.24, 2.45) is 17.8 Å². The molecule has 6 nitrogen and oxygen atoms in total. The minimum atomic E-state index is -3.91. The third-order valence-corrected chi connectivity index (χ3v) is 7.88. The van der Waals surface area contributed by atoms with Crippen LogP contribution in [0.5, 0.6) is 0 Å². The standard InChI is InChI=1S/C20H29F2N3O3S/c1-12(2)8-19(23-3)20(26)24-18-7-4-13-10-25(11-15(13)18)29(27,28)14-5-6-16(21)17(22)9-14/h5-6,9,12-13,15,18-19,23H,4,7-8,10-11H2,1-3H3,(H,24,26)/t13-,15?,18?,19-/m0/s1. The van der Waals surface area contributed by atoms with E-state index in [0.29, 0.717) is 12.5 Å². The van der Waals surface area contributed by atoms with Crippen molar-refractivity contribution in [3.8, 4) is 0 Å². The summed E-state index contributed by atoms with van der Waals surface area (Å²) >= 11 is 0. The van der Waals surface area contributed by atoms with Gasteiger partial charge in [0.15, 0.2) is 11.6 Å². The highest BCUT2D eigenvalue weighted by atomic mass is 32.2. The number of amides is 1. The van der Waals surface area contributed by atoms with Crippen molar-refractivity contribution in [3.05, 3.63) is 29.8 Å². The maximum Gasteiger partial charge on any atom is 0.243 e. The van der Waals surface area contributed by atoms with Crippen molar-refractivity contribution in [1.82, 2.24) is 14.9 Å². The number of rotatable bonds is 7. The van der Waals surface area contributed by atoms with Crippen LogP contribution >= 0.6 is 0 Å². The summed E-state index contributed by atoms with van der Waals surface area (Å²) in [7, 11) is -2.15. The molecule has 2 unspecified atom stereocenters.